The van der Waals surface area contributed by atoms with Crippen LogP contribution < -0.4 is 27.0 Å². The number of halogens is 1. The average molecular weight is 582 g/mol. The fourth-order valence-electron chi connectivity index (χ4n) is 4.90. The number of para-hydroxylation sites is 2. The van der Waals surface area contributed by atoms with Crippen LogP contribution in [0, 0.1) is 19.7 Å². The number of H-pyrrole nitrogens is 1. The number of nitrogens with one attached hydrogen (secondary N) is 5. The zero-order chi connectivity index (χ0) is 30.5. The van der Waals surface area contributed by atoms with Crippen molar-refractivity contribution in [1.82, 2.24) is 15.3 Å². The number of aryl methyl sites for hydroxylation is 1. The number of nitrogens with zero attached hydrogens (tertiary/aromatic N) is 1. The number of pyridine rings is 1. The second-order valence-electron chi connectivity index (χ2n) is 10.2. The number of amides is 3. The van der Waals surface area contributed by atoms with E-state index in [1.165, 1.54) is 24.4 Å². The number of aromatic nitrogens is 2. The first-order valence-corrected chi connectivity index (χ1v) is 13.9. The Kier molecular flexibility index (Phi) is 8.51. The SMILES string of the molecule is Cc1[nH]c(/C=C2\C(=O)Nc3ccc(F)cc32)c(C)c1C(=O)NCCCCNc1ccc(C(=O)Nc2ccccc2N)cn1. The van der Waals surface area contributed by atoms with Gasteiger partial charge in [0.1, 0.15) is 11.6 Å². The number of nitrogens with two attached hydrogens (primary N) is 1. The predicted octanol–water partition coefficient (Wildman–Crippen LogP) is 5.11. The molecule has 220 valence electrons. The van der Waals surface area contributed by atoms with E-state index in [2.05, 4.69) is 31.2 Å². The third-order valence-corrected chi connectivity index (χ3v) is 7.19. The van der Waals surface area contributed by atoms with Crippen molar-refractivity contribution in [3.63, 3.8) is 0 Å². The van der Waals surface area contributed by atoms with E-state index in [9.17, 15) is 18.8 Å². The molecule has 0 spiro atoms. The van der Waals surface area contributed by atoms with E-state index in [1.54, 1.807) is 49.4 Å². The highest BCUT2D eigenvalue weighted by Crippen LogP contribution is 2.34. The summed E-state index contributed by atoms with van der Waals surface area (Å²) in [4.78, 5) is 45.4. The zero-order valence-corrected chi connectivity index (χ0v) is 23.8. The van der Waals surface area contributed by atoms with E-state index in [-0.39, 0.29) is 17.7 Å². The summed E-state index contributed by atoms with van der Waals surface area (Å²) in [6, 6.07) is 14.6. The lowest BCUT2D eigenvalue weighted by Crippen LogP contribution is -2.25. The number of nitrogen functional groups attached to an aromatic ring is 1. The molecule has 5 rings (SSSR count). The number of carbonyl (C=O) groups excluding carboxylic acids is 3. The van der Waals surface area contributed by atoms with E-state index < -0.39 is 5.82 Å². The molecule has 11 heteroatoms. The molecule has 1 aliphatic heterocycles. The molecule has 43 heavy (non-hydrogen) atoms. The highest BCUT2D eigenvalue weighted by molar-refractivity contribution is 6.35. The van der Waals surface area contributed by atoms with Crippen LogP contribution in [-0.4, -0.2) is 40.8 Å². The minimum atomic E-state index is -0.431. The van der Waals surface area contributed by atoms with Crippen LogP contribution in [0.3, 0.4) is 0 Å². The fourth-order valence-corrected chi connectivity index (χ4v) is 4.90. The number of aromatic amines is 1. The number of anilines is 4. The van der Waals surface area contributed by atoms with E-state index in [0.29, 0.717) is 75.2 Å². The third kappa shape index (κ3) is 6.56. The minimum absolute atomic E-state index is 0.209. The van der Waals surface area contributed by atoms with Crippen molar-refractivity contribution >= 4 is 52.3 Å². The molecule has 3 amide bonds. The molecule has 4 aromatic rings. The van der Waals surface area contributed by atoms with Crippen LogP contribution in [0.4, 0.5) is 27.3 Å². The van der Waals surface area contributed by atoms with Crippen LogP contribution in [0.25, 0.3) is 11.6 Å². The molecule has 0 fully saturated rings. The first-order chi connectivity index (χ1) is 20.7. The minimum Gasteiger partial charge on any atom is -0.397 e. The van der Waals surface area contributed by atoms with Gasteiger partial charge in [-0.1, -0.05) is 12.1 Å². The molecule has 0 atom stereocenters. The van der Waals surface area contributed by atoms with Crippen LogP contribution in [0.5, 0.6) is 0 Å². The highest BCUT2D eigenvalue weighted by atomic mass is 19.1. The van der Waals surface area contributed by atoms with Crippen molar-refractivity contribution in [1.29, 1.82) is 0 Å². The van der Waals surface area contributed by atoms with Gasteiger partial charge in [-0.3, -0.25) is 14.4 Å². The number of hydrogen-bond donors (Lipinski definition) is 6. The van der Waals surface area contributed by atoms with Crippen LogP contribution in [0.15, 0.2) is 60.8 Å². The number of hydrogen-bond acceptors (Lipinski definition) is 6. The molecule has 2 aromatic heterocycles. The number of carbonyl (C=O) groups is 3. The molecule has 0 unspecified atom stereocenters. The Morgan fingerprint density at radius 1 is 1.02 bits per heavy atom. The molecule has 0 radical (unpaired) electrons. The molecule has 2 aromatic carbocycles. The summed E-state index contributed by atoms with van der Waals surface area (Å²) in [6.45, 7) is 4.73. The largest absolute Gasteiger partial charge is 0.397 e. The van der Waals surface area contributed by atoms with Crippen molar-refractivity contribution in [3.8, 4) is 0 Å². The molecule has 0 saturated heterocycles. The van der Waals surface area contributed by atoms with Crippen molar-refractivity contribution in [2.45, 2.75) is 26.7 Å². The first-order valence-electron chi connectivity index (χ1n) is 13.9. The number of unbranched alkanes of at least 4 members (excludes halogenated alkanes) is 1. The summed E-state index contributed by atoms with van der Waals surface area (Å²) in [5, 5.41) is 11.7. The fraction of sp³-hybridized carbons (Fsp3) is 0.188. The first kappa shape index (κ1) is 29.1. The van der Waals surface area contributed by atoms with E-state index in [0.717, 1.165) is 12.8 Å². The van der Waals surface area contributed by atoms with Gasteiger partial charge in [0.05, 0.1) is 28.1 Å². The summed E-state index contributed by atoms with van der Waals surface area (Å²) in [7, 11) is 0. The Bertz CT molecular complexity index is 1730. The van der Waals surface area contributed by atoms with Gasteiger partial charge in [0.25, 0.3) is 17.7 Å². The maximum absolute atomic E-state index is 13.8. The lowest BCUT2D eigenvalue weighted by molar-refractivity contribution is -0.110. The van der Waals surface area contributed by atoms with Gasteiger partial charge in [-0.15, -0.1) is 0 Å². The Morgan fingerprint density at radius 3 is 2.58 bits per heavy atom. The summed E-state index contributed by atoms with van der Waals surface area (Å²) >= 11 is 0. The van der Waals surface area contributed by atoms with Gasteiger partial charge in [-0.05, 0) is 80.8 Å². The Labute approximate surface area is 248 Å². The van der Waals surface area contributed by atoms with Crippen LogP contribution in [0.1, 0.15) is 56.1 Å². The van der Waals surface area contributed by atoms with Gasteiger partial charge in [-0.25, -0.2) is 9.37 Å². The van der Waals surface area contributed by atoms with Crippen molar-refractivity contribution in [3.05, 3.63) is 100 Å². The van der Waals surface area contributed by atoms with Crippen LogP contribution in [-0.2, 0) is 4.79 Å². The van der Waals surface area contributed by atoms with E-state index in [1.807, 2.05) is 6.92 Å². The second-order valence-corrected chi connectivity index (χ2v) is 10.2. The van der Waals surface area contributed by atoms with E-state index >= 15 is 0 Å². The lowest BCUT2D eigenvalue weighted by Gasteiger charge is -2.09. The molecule has 10 nitrogen and oxygen atoms in total. The molecule has 0 aliphatic carbocycles. The molecular weight excluding hydrogens is 549 g/mol. The van der Waals surface area contributed by atoms with Crippen LogP contribution >= 0.6 is 0 Å². The monoisotopic (exact) mass is 581 g/mol. The lowest BCUT2D eigenvalue weighted by atomic mass is 10.0. The maximum atomic E-state index is 13.8. The Balaban J connectivity index is 1.09. The predicted molar refractivity (Wildman–Crippen MR) is 166 cm³/mol. The maximum Gasteiger partial charge on any atom is 0.257 e. The molecule has 3 heterocycles. The summed E-state index contributed by atoms with van der Waals surface area (Å²) in [5.41, 5.74) is 11.2. The average Bonchev–Trinajstić information content (AvgIpc) is 3.45. The molecule has 0 bridgehead atoms. The van der Waals surface area contributed by atoms with Gasteiger partial charge < -0.3 is 32.0 Å². The second kappa shape index (κ2) is 12.6. The van der Waals surface area contributed by atoms with Gasteiger partial charge >= 0.3 is 0 Å². The zero-order valence-electron chi connectivity index (χ0n) is 23.8. The highest BCUT2D eigenvalue weighted by Gasteiger charge is 2.26. The van der Waals surface area contributed by atoms with E-state index in [4.69, 9.17) is 5.73 Å². The van der Waals surface area contributed by atoms with Gasteiger partial charge in [0, 0.05) is 41.9 Å². The molecular formula is C32H32FN7O3. The Hall–Kier alpha value is -5.45. The summed E-state index contributed by atoms with van der Waals surface area (Å²) in [6.07, 6.45) is 4.67. The molecule has 7 N–H and O–H groups in total. The topological polar surface area (TPSA) is 154 Å². The molecule has 1 aliphatic rings. The van der Waals surface area contributed by atoms with Crippen molar-refractivity contribution in [2.24, 2.45) is 0 Å². The van der Waals surface area contributed by atoms with Crippen molar-refractivity contribution < 1.29 is 18.8 Å². The normalized spacial score (nSPS) is 13.0. The number of rotatable bonds is 10. The number of benzene rings is 2. The van der Waals surface area contributed by atoms with Gasteiger partial charge in [0.2, 0.25) is 0 Å². The van der Waals surface area contributed by atoms with Gasteiger partial charge in [0.15, 0.2) is 0 Å². The smallest absolute Gasteiger partial charge is 0.257 e. The number of fused-ring (bicyclic) bond motifs is 1. The van der Waals surface area contributed by atoms with Crippen LogP contribution in [0.2, 0.25) is 0 Å². The van der Waals surface area contributed by atoms with Crippen molar-refractivity contribution in [2.75, 3.05) is 34.8 Å². The standard InChI is InChI=1S/C32H32FN7O3/c1-18-27(16-23-22-15-21(33)10-11-25(22)39-31(23)42)38-19(2)29(18)32(43)36-14-6-5-13-35-28-12-9-20(17-37-28)30(41)40-26-8-4-3-7-24(26)34/h3-4,7-12,15-17,38H,5-6,13-14,34H2,1-2H3,(H,35,37)(H,36,43)(H,39,42)(H,40,41)/b23-16-. The quantitative estimate of drug-likeness (QED) is 0.0869. The third-order valence-electron chi connectivity index (χ3n) is 7.19. The summed E-state index contributed by atoms with van der Waals surface area (Å²) in [5.74, 6) is -0.619. The summed E-state index contributed by atoms with van der Waals surface area (Å²) < 4.78 is 13.8. The molecule has 0 saturated carbocycles. The van der Waals surface area contributed by atoms with Gasteiger partial charge in [-0.2, -0.15) is 0 Å². The Morgan fingerprint density at radius 2 is 1.81 bits per heavy atom.